The highest BCUT2D eigenvalue weighted by molar-refractivity contribution is 5.63. The van der Waals surface area contributed by atoms with Crippen molar-refractivity contribution < 1.29 is 14.3 Å². The van der Waals surface area contributed by atoms with Crippen LogP contribution in [0.4, 0.5) is 4.79 Å². The lowest BCUT2D eigenvalue weighted by molar-refractivity contribution is -0.0841. The monoisotopic (exact) mass is 574 g/mol. The molecule has 0 amide bonds. The number of rotatable bonds is 16. The van der Waals surface area contributed by atoms with Gasteiger partial charge in [-0.05, 0) is 136 Å². The predicted octanol–water partition coefficient (Wildman–Crippen LogP) is 11.4. The van der Waals surface area contributed by atoms with Crippen LogP contribution >= 0.6 is 0 Å². The smallest absolute Gasteiger partial charge is 0.423 e. The third kappa shape index (κ3) is 8.00. The Kier molecular flexibility index (Phi) is 12.4. The molecule has 2 fully saturated rings. The number of carbonyl (C=O) groups is 1. The molecule has 42 heavy (non-hydrogen) atoms. The summed E-state index contributed by atoms with van der Waals surface area (Å²) in [6.07, 6.45) is 21.2. The molecule has 0 atom stereocenters. The van der Waals surface area contributed by atoms with E-state index < -0.39 is 17.4 Å². The molecule has 0 radical (unpaired) electrons. The molecule has 3 heteroatoms. The SMILES string of the molecule is CCCCc1ccc(C2(OC(=O)OC3(c4ccc(CCCC)cc4CCCC)CCCC3)CCCC2)c(CCCC)c1. The molecule has 2 saturated carbocycles. The van der Waals surface area contributed by atoms with Crippen molar-refractivity contribution in [2.45, 2.75) is 167 Å². The van der Waals surface area contributed by atoms with E-state index >= 15 is 0 Å². The maximum absolute atomic E-state index is 13.9. The zero-order chi connectivity index (χ0) is 29.8. The van der Waals surface area contributed by atoms with Crippen molar-refractivity contribution >= 4 is 6.16 Å². The highest BCUT2D eigenvalue weighted by Crippen LogP contribution is 2.48. The van der Waals surface area contributed by atoms with Crippen molar-refractivity contribution in [3.8, 4) is 0 Å². The fourth-order valence-electron chi connectivity index (χ4n) is 7.49. The van der Waals surface area contributed by atoms with E-state index in [1.807, 2.05) is 0 Å². The van der Waals surface area contributed by atoms with Gasteiger partial charge in [0, 0.05) is 0 Å². The van der Waals surface area contributed by atoms with Gasteiger partial charge in [-0.15, -0.1) is 0 Å². The molecule has 3 nitrogen and oxygen atoms in total. The average molecular weight is 575 g/mol. The maximum atomic E-state index is 13.9. The van der Waals surface area contributed by atoms with Gasteiger partial charge in [-0.2, -0.15) is 0 Å². The third-order valence-electron chi connectivity index (χ3n) is 9.94. The van der Waals surface area contributed by atoms with Crippen molar-refractivity contribution in [3.63, 3.8) is 0 Å². The average Bonchev–Trinajstić information content (AvgIpc) is 3.67. The van der Waals surface area contributed by atoms with Gasteiger partial charge < -0.3 is 9.47 Å². The molecule has 0 unspecified atom stereocenters. The van der Waals surface area contributed by atoms with Gasteiger partial charge in [0.15, 0.2) is 0 Å². The second kappa shape index (κ2) is 16.0. The highest BCUT2D eigenvalue weighted by atomic mass is 16.7. The Hall–Kier alpha value is -2.29. The number of hydrogen-bond acceptors (Lipinski definition) is 3. The Morgan fingerprint density at radius 2 is 0.929 bits per heavy atom. The summed E-state index contributed by atoms with van der Waals surface area (Å²) < 4.78 is 13.1. The van der Waals surface area contributed by atoms with Crippen molar-refractivity contribution in [1.29, 1.82) is 0 Å². The van der Waals surface area contributed by atoms with Crippen molar-refractivity contribution in [2.24, 2.45) is 0 Å². The number of aryl methyl sites for hydroxylation is 4. The molecule has 0 heterocycles. The van der Waals surface area contributed by atoms with Gasteiger partial charge in [0.1, 0.15) is 11.2 Å². The molecule has 232 valence electrons. The van der Waals surface area contributed by atoms with Gasteiger partial charge in [0.2, 0.25) is 0 Å². The van der Waals surface area contributed by atoms with Crippen molar-refractivity contribution in [3.05, 3.63) is 69.8 Å². The van der Waals surface area contributed by atoms with Gasteiger partial charge in [0.05, 0.1) is 0 Å². The molecule has 2 aromatic carbocycles. The summed E-state index contributed by atoms with van der Waals surface area (Å²) in [5, 5.41) is 0. The molecule has 2 aromatic rings. The quantitative estimate of drug-likeness (QED) is 0.187. The Bertz CT molecular complexity index is 1030. The fourth-order valence-corrected chi connectivity index (χ4v) is 7.49. The lowest BCUT2D eigenvalue weighted by Gasteiger charge is -2.36. The van der Waals surface area contributed by atoms with Crippen LogP contribution in [0.25, 0.3) is 0 Å². The van der Waals surface area contributed by atoms with E-state index in [2.05, 4.69) is 64.1 Å². The fraction of sp³-hybridized carbons (Fsp3) is 0.667. The Morgan fingerprint density at radius 3 is 1.29 bits per heavy atom. The number of hydrogen-bond donors (Lipinski definition) is 0. The normalized spacial score (nSPS) is 17.4. The molecule has 0 aliphatic heterocycles. The van der Waals surface area contributed by atoms with E-state index in [0.29, 0.717) is 0 Å². The van der Waals surface area contributed by atoms with Gasteiger partial charge >= 0.3 is 6.16 Å². The largest absolute Gasteiger partial charge is 0.510 e. The molecule has 0 saturated heterocycles. The lowest BCUT2D eigenvalue weighted by Crippen LogP contribution is -2.36. The lowest BCUT2D eigenvalue weighted by atomic mass is 9.84. The summed E-state index contributed by atoms with van der Waals surface area (Å²) in [5.41, 5.74) is 6.89. The number of benzene rings is 2. The third-order valence-corrected chi connectivity index (χ3v) is 9.94. The summed E-state index contributed by atoms with van der Waals surface area (Å²) in [6.45, 7) is 9.02. The van der Waals surface area contributed by atoms with E-state index in [-0.39, 0.29) is 0 Å². The van der Waals surface area contributed by atoms with Crippen molar-refractivity contribution in [2.75, 3.05) is 0 Å². The Labute approximate surface area is 257 Å². The highest BCUT2D eigenvalue weighted by Gasteiger charge is 2.46. The number of ether oxygens (including phenoxy) is 2. The van der Waals surface area contributed by atoms with Gasteiger partial charge in [-0.25, -0.2) is 4.79 Å². The van der Waals surface area contributed by atoms with E-state index in [1.54, 1.807) is 0 Å². The first-order valence-corrected chi connectivity index (χ1v) is 17.7. The van der Waals surface area contributed by atoms with Gasteiger partial charge in [0.25, 0.3) is 0 Å². The first kappa shape index (κ1) is 32.6. The molecule has 4 rings (SSSR count). The van der Waals surface area contributed by atoms with Crippen LogP contribution in [0.5, 0.6) is 0 Å². The summed E-state index contributed by atoms with van der Waals surface area (Å²) >= 11 is 0. The Morgan fingerprint density at radius 1 is 0.571 bits per heavy atom. The van der Waals surface area contributed by atoms with E-state index in [9.17, 15) is 4.79 Å². The standard InChI is InChI=1S/C39H58O3/c1-5-9-17-31-21-23-35(33(29-31)19-11-7-3)38(25-13-14-26-38)41-37(40)42-39(27-15-16-28-39)36-24-22-32(18-10-6-2)30-34(36)20-12-8-4/h21-24,29-30H,5-20,25-28H2,1-4H3. The van der Waals surface area contributed by atoms with Crippen LogP contribution in [0, 0.1) is 0 Å². The van der Waals surface area contributed by atoms with Crippen molar-refractivity contribution in [1.82, 2.24) is 0 Å². The van der Waals surface area contributed by atoms with Crippen LogP contribution in [0.2, 0.25) is 0 Å². The first-order chi connectivity index (χ1) is 20.5. The van der Waals surface area contributed by atoms with Crippen LogP contribution in [-0.2, 0) is 46.4 Å². The second-order valence-corrected chi connectivity index (χ2v) is 13.3. The zero-order valence-electron chi connectivity index (χ0n) is 27.3. The molecule has 2 aliphatic rings. The first-order valence-electron chi connectivity index (χ1n) is 17.7. The summed E-state index contributed by atoms with van der Waals surface area (Å²) in [7, 11) is 0. The minimum Gasteiger partial charge on any atom is -0.423 e. The van der Waals surface area contributed by atoms with Gasteiger partial charge in [-0.3, -0.25) is 0 Å². The molecule has 0 spiro atoms. The van der Waals surface area contributed by atoms with Crippen LogP contribution in [0.1, 0.15) is 164 Å². The predicted molar refractivity (Wildman–Crippen MR) is 175 cm³/mol. The minimum atomic E-state index is -0.571. The van der Waals surface area contributed by atoms with Crippen LogP contribution in [-0.4, -0.2) is 6.16 Å². The number of carbonyl (C=O) groups excluding carboxylic acids is 1. The second-order valence-electron chi connectivity index (χ2n) is 13.3. The zero-order valence-corrected chi connectivity index (χ0v) is 27.3. The molecule has 0 bridgehead atoms. The molecule has 0 N–H and O–H groups in total. The summed E-state index contributed by atoms with van der Waals surface area (Å²) in [4.78, 5) is 13.9. The number of unbranched alkanes of at least 4 members (excludes halogenated alkanes) is 4. The molecular weight excluding hydrogens is 516 g/mol. The summed E-state index contributed by atoms with van der Waals surface area (Å²) in [6, 6.07) is 14.0. The van der Waals surface area contributed by atoms with Gasteiger partial charge in [-0.1, -0.05) is 89.8 Å². The summed E-state index contributed by atoms with van der Waals surface area (Å²) in [5.74, 6) is 0. The van der Waals surface area contributed by atoms with E-state index in [1.165, 1.54) is 59.1 Å². The van der Waals surface area contributed by atoms with E-state index in [0.717, 1.165) is 103 Å². The Balaban J connectivity index is 1.62. The van der Waals surface area contributed by atoms with E-state index in [4.69, 9.17) is 9.47 Å². The molecular formula is C39H58O3. The molecule has 0 aromatic heterocycles. The van der Waals surface area contributed by atoms with Crippen LogP contribution < -0.4 is 0 Å². The maximum Gasteiger partial charge on any atom is 0.510 e. The topological polar surface area (TPSA) is 35.5 Å². The van der Waals surface area contributed by atoms with Crippen LogP contribution in [0.3, 0.4) is 0 Å². The molecule has 2 aliphatic carbocycles. The van der Waals surface area contributed by atoms with Crippen LogP contribution in [0.15, 0.2) is 36.4 Å². The minimum absolute atomic E-state index is 0.466.